The number of halogens is 2. The largest absolute Gasteiger partial charge is 0.478 e. The molecule has 0 amide bonds. The lowest BCUT2D eigenvalue weighted by atomic mass is 10.1. The minimum absolute atomic E-state index is 0.158. The first-order valence-corrected chi connectivity index (χ1v) is 7.60. The molecular weight excluding hydrogens is 311 g/mol. The Morgan fingerprint density at radius 2 is 2.00 bits per heavy atom. The van der Waals surface area contributed by atoms with Gasteiger partial charge in [-0.2, -0.15) is 5.10 Å². The summed E-state index contributed by atoms with van der Waals surface area (Å²) in [5.41, 5.74) is 1.09. The van der Waals surface area contributed by atoms with E-state index in [1.807, 2.05) is 0 Å². The van der Waals surface area contributed by atoms with Crippen LogP contribution in [-0.4, -0.2) is 20.9 Å². The minimum atomic E-state index is -1.01. The summed E-state index contributed by atoms with van der Waals surface area (Å²) in [5, 5.41) is 14.6. The van der Waals surface area contributed by atoms with Crippen LogP contribution in [0.5, 0.6) is 0 Å². The van der Waals surface area contributed by atoms with Gasteiger partial charge >= 0.3 is 5.97 Å². The summed E-state index contributed by atoms with van der Waals surface area (Å²) in [6.07, 6.45) is 5.97. The number of carboxylic acids is 1. The molecule has 110 valence electrons. The number of hydrogen-bond acceptors (Lipinski definition) is 2. The van der Waals surface area contributed by atoms with Gasteiger partial charge in [-0.15, -0.1) is 0 Å². The zero-order valence-corrected chi connectivity index (χ0v) is 12.7. The first kappa shape index (κ1) is 14.4. The van der Waals surface area contributed by atoms with E-state index in [9.17, 15) is 9.90 Å². The maximum Gasteiger partial charge on any atom is 0.339 e. The van der Waals surface area contributed by atoms with E-state index < -0.39 is 5.97 Å². The zero-order valence-electron chi connectivity index (χ0n) is 11.2. The maximum atomic E-state index is 11.5. The van der Waals surface area contributed by atoms with Crippen LogP contribution in [0.4, 0.5) is 0 Å². The molecule has 0 spiro atoms. The Balaban J connectivity index is 2.12. The van der Waals surface area contributed by atoms with E-state index in [0.717, 1.165) is 25.7 Å². The molecule has 1 heterocycles. The van der Waals surface area contributed by atoms with Crippen molar-refractivity contribution < 1.29 is 9.90 Å². The fraction of sp³-hybridized carbons (Fsp3) is 0.333. The second-order valence-corrected chi connectivity index (χ2v) is 6.00. The molecule has 3 rings (SSSR count). The molecule has 0 bridgehead atoms. The standard InChI is InChI=1S/C15H14Cl2N2O2/c16-12-7-3-6-10(13(12)17)14-11(15(20)21)8-19(18-14)9-4-1-2-5-9/h3,6-9H,1-2,4-5H2,(H,20,21). The van der Waals surface area contributed by atoms with Crippen molar-refractivity contribution in [1.29, 1.82) is 0 Å². The molecule has 2 aromatic rings. The quantitative estimate of drug-likeness (QED) is 0.892. The Morgan fingerprint density at radius 1 is 1.29 bits per heavy atom. The Bertz CT molecular complexity index is 691. The molecule has 1 aromatic carbocycles. The van der Waals surface area contributed by atoms with Crippen LogP contribution >= 0.6 is 23.2 Å². The van der Waals surface area contributed by atoms with Crippen LogP contribution in [0.1, 0.15) is 42.1 Å². The number of aromatic nitrogens is 2. The van der Waals surface area contributed by atoms with Crippen molar-refractivity contribution in [3.63, 3.8) is 0 Å². The third-order valence-corrected chi connectivity index (χ3v) is 4.69. The van der Waals surface area contributed by atoms with Crippen molar-refractivity contribution in [1.82, 2.24) is 9.78 Å². The van der Waals surface area contributed by atoms with Crippen LogP contribution in [0.15, 0.2) is 24.4 Å². The average Bonchev–Trinajstić information content (AvgIpc) is 3.09. The van der Waals surface area contributed by atoms with Gasteiger partial charge in [0.25, 0.3) is 0 Å². The van der Waals surface area contributed by atoms with Gasteiger partial charge in [-0.05, 0) is 18.9 Å². The van der Waals surface area contributed by atoms with Gasteiger partial charge in [0, 0.05) is 11.8 Å². The smallest absolute Gasteiger partial charge is 0.339 e. The first-order chi connectivity index (χ1) is 10.1. The van der Waals surface area contributed by atoms with Gasteiger partial charge in [0.15, 0.2) is 0 Å². The minimum Gasteiger partial charge on any atom is -0.478 e. The van der Waals surface area contributed by atoms with Crippen molar-refractivity contribution in [3.05, 3.63) is 40.0 Å². The summed E-state index contributed by atoms with van der Waals surface area (Å²) < 4.78 is 1.77. The summed E-state index contributed by atoms with van der Waals surface area (Å²) in [6.45, 7) is 0. The molecule has 1 fully saturated rings. The van der Waals surface area contributed by atoms with E-state index in [1.54, 1.807) is 29.1 Å². The summed E-state index contributed by atoms with van der Waals surface area (Å²) in [4.78, 5) is 11.5. The van der Waals surface area contributed by atoms with E-state index in [1.165, 1.54) is 0 Å². The lowest BCUT2D eigenvalue weighted by molar-refractivity contribution is 0.0697. The van der Waals surface area contributed by atoms with Crippen molar-refractivity contribution in [2.45, 2.75) is 31.7 Å². The van der Waals surface area contributed by atoms with Gasteiger partial charge in [-0.25, -0.2) is 4.79 Å². The molecule has 1 aromatic heterocycles. The Morgan fingerprint density at radius 3 is 2.67 bits per heavy atom. The highest BCUT2D eigenvalue weighted by atomic mass is 35.5. The summed E-state index contributed by atoms with van der Waals surface area (Å²) >= 11 is 12.2. The topological polar surface area (TPSA) is 55.1 Å². The van der Waals surface area contributed by atoms with Gasteiger partial charge in [0.05, 0.1) is 16.1 Å². The van der Waals surface area contributed by atoms with Crippen molar-refractivity contribution in [2.24, 2.45) is 0 Å². The fourth-order valence-corrected chi connectivity index (χ4v) is 3.18. The molecule has 21 heavy (non-hydrogen) atoms. The molecule has 1 aliphatic carbocycles. The normalized spacial score (nSPS) is 15.5. The Labute approximate surface area is 132 Å². The zero-order chi connectivity index (χ0) is 15.0. The number of carbonyl (C=O) groups is 1. The summed E-state index contributed by atoms with van der Waals surface area (Å²) in [5.74, 6) is -1.01. The molecule has 0 atom stereocenters. The van der Waals surface area contributed by atoms with Crippen LogP contribution in [0, 0.1) is 0 Å². The summed E-state index contributed by atoms with van der Waals surface area (Å²) in [6, 6.07) is 5.42. The lowest BCUT2D eigenvalue weighted by Crippen LogP contribution is -2.05. The lowest BCUT2D eigenvalue weighted by Gasteiger charge is -2.09. The Kier molecular flexibility index (Phi) is 3.91. The predicted octanol–water partition coefficient (Wildman–Crippen LogP) is 4.67. The fourth-order valence-electron chi connectivity index (χ4n) is 2.79. The molecular formula is C15H14Cl2N2O2. The number of hydrogen-bond donors (Lipinski definition) is 1. The van der Waals surface area contributed by atoms with Gasteiger partial charge in [0.2, 0.25) is 0 Å². The number of carboxylic acid groups (broad SMARTS) is 1. The Hall–Kier alpha value is -1.52. The third kappa shape index (κ3) is 2.65. The molecule has 6 heteroatoms. The second kappa shape index (κ2) is 5.70. The maximum absolute atomic E-state index is 11.5. The highest BCUT2D eigenvalue weighted by molar-refractivity contribution is 6.43. The second-order valence-electron chi connectivity index (χ2n) is 5.22. The van der Waals surface area contributed by atoms with Crippen LogP contribution < -0.4 is 0 Å². The summed E-state index contributed by atoms with van der Waals surface area (Å²) in [7, 11) is 0. The molecule has 0 aliphatic heterocycles. The first-order valence-electron chi connectivity index (χ1n) is 6.84. The molecule has 0 unspecified atom stereocenters. The monoisotopic (exact) mass is 324 g/mol. The van der Waals surface area contributed by atoms with E-state index in [2.05, 4.69) is 5.10 Å². The predicted molar refractivity (Wildman–Crippen MR) is 82.1 cm³/mol. The third-order valence-electron chi connectivity index (χ3n) is 3.87. The van der Waals surface area contributed by atoms with Crippen molar-refractivity contribution in [2.75, 3.05) is 0 Å². The van der Waals surface area contributed by atoms with Gasteiger partial charge in [0.1, 0.15) is 11.3 Å². The van der Waals surface area contributed by atoms with Crippen molar-refractivity contribution >= 4 is 29.2 Å². The average molecular weight is 325 g/mol. The number of nitrogens with zero attached hydrogens (tertiary/aromatic N) is 2. The van der Waals surface area contributed by atoms with E-state index in [0.29, 0.717) is 21.3 Å². The van der Waals surface area contributed by atoms with E-state index in [4.69, 9.17) is 23.2 Å². The van der Waals surface area contributed by atoms with Crippen LogP contribution in [-0.2, 0) is 0 Å². The molecule has 4 nitrogen and oxygen atoms in total. The molecule has 1 N–H and O–H groups in total. The van der Waals surface area contributed by atoms with Crippen molar-refractivity contribution in [3.8, 4) is 11.3 Å². The van der Waals surface area contributed by atoms with Crippen LogP contribution in [0.25, 0.3) is 11.3 Å². The highest BCUT2D eigenvalue weighted by Crippen LogP contribution is 2.36. The van der Waals surface area contributed by atoms with Gasteiger partial charge in [-0.1, -0.05) is 48.2 Å². The van der Waals surface area contributed by atoms with Gasteiger partial charge in [-0.3, -0.25) is 4.68 Å². The SMILES string of the molecule is O=C(O)c1cn(C2CCCC2)nc1-c1cccc(Cl)c1Cl. The van der Waals surface area contributed by atoms with Gasteiger partial charge < -0.3 is 5.11 Å². The highest BCUT2D eigenvalue weighted by Gasteiger charge is 2.24. The number of rotatable bonds is 3. The number of aromatic carboxylic acids is 1. The molecule has 0 saturated heterocycles. The van der Waals surface area contributed by atoms with E-state index in [-0.39, 0.29) is 11.6 Å². The van der Waals surface area contributed by atoms with Crippen LogP contribution in [0.2, 0.25) is 10.0 Å². The van der Waals surface area contributed by atoms with Crippen LogP contribution in [0.3, 0.4) is 0 Å². The molecule has 0 radical (unpaired) electrons. The number of benzene rings is 1. The molecule has 1 saturated carbocycles. The molecule has 1 aliphatic rings. The van der Waals surface area contributed by atoms with E-state index >= 15 is 0 Å².